The van der Waals surface area contributed by atoms with Crippen LogP contribution in [-0.2, 0) is 5.41 Å². The van der Waals surface area contributed by atoms with Gasteiger partial charge >= 0.3 is 0 Å². The lowest BCUT2D eigenvalue weighted by atomic mass is 9.67. The number of para-hydroxylation sites is 1. The topological polar surface area (TPSA) is 38.7 Å². The molecular weight excluding hydrogens is 795 g/mol. The third-order valence-electron chi connectivity index (χ3n) is 13.2. The molecule has 0 fully saturated rings. The summed E-state index contributed by atoms with van der Waals surface area (Å²) < 4.78 is 0. The van der Waals surface area contributed by atoms with Gasteiger partial charge in [0.25, 0.3) is 0 Å². The first-order valence-electron chi connectivity index (χ1n) is 21.8. The zero-order valence-electron chi connectivity index (χ0n) is 34.6. The molecule has 0 radical (unpaired) electrons. The molecule has 1 spiro atoms. The molecule has 0 amide bonds. The van der Waals surface area contributed by atoms with Crippen LogP contribution in [0.3, 0.4) is 0 Å². The van der Waals surface area contributed by atoms with Crippen LogP contribution >= 0.6 is 11.8 Å². The lowest BCUT2D eigenvalue weighted by Gasteiger charge is -2.40. The summed E-state index contributed by atoms with van der Waals surface area (Å²) in [7, 11) is 0. The number of pyridine rings is 1. The molecule has 0 saturated carbocycles. The van der Waals surface area contributed by atoms with E-state index in [9.17, 15) is 0 Å². The molecule has 13 rings (SSSR count). The van der Waals surface area contributed by atoms with Crippen molar-refractivity contribution in [2.45, 2.75) is 15.2 Å². The van der Waals surface area contributed by atoms with E-state index in [-0.39, 0.29) is 0 Å². The average molecular weight is 832 g/mol. The molecule has 1 aliphatic heterocycles. The normalized spacial score (nSPS) is 13.1. The van der Waals surface area contributed by atoms with E-state index in [1.54, 1.807) is 0 Å². The number of nitrogens with zero attached hydrogens (tertiary/aromatic N) is 3. The fourth-order valence-electron chi connectivity index (χ4n) is 10.3. The van der Waals surface area contributed by atoms with Crippen LogP contribution in [0.4, 0.5) is 0 Å². The standard InChI is InChI=1S/C60H37N3S/c1-3-15-40(16-4-1)53-37-54(63-59(62-53)43-17-5-2-6-18-43)41-31-27-38(28-32-41)39-29-33-42(34-30-39)57-47-35-36-51-58(56(47)46-21-9-13-25-52(46)61-57)64-55-26-14-12-24-50(55)60(51)48-22-10-7-19-44(48)45-20-8-11-23-49(45)60/h1-37H. The van der Waals surface area contributed by atoms with Gasteiger partial charge in [-0.2, -0.15) is 0 Å². The second kappa shape index (κ2) is 14.6. The summed E-state index contributed by atoms with van der Waals surface area (Å²) in [5, 5.41) is 3.59. The summed E-state index contributed by atoms with van der Waals surface area (Å²) in [6.07, 6.45) is 0. The van der Waals surface area contributed by atoms with E-state index < -0.39 is 5.41 Å². The molecule has 1 aliphatic carbocycles. The molecule has 0 N–H and O–H groups in total. The first kappa shape index (κ1) is 36.7. The number of benzene rings is 9. The summed E-state index contributed by atoms with van der Waals surface area (Å²) in [6.45, 7) is 0. The Labute approximate surface area is 375 Å². The molecule has 0 saturated heterocycles. The summed E-state index contributed by atoms with van der Waals surface area (Å²) in [4.78, 5) is 18.0. The molecule has 298 valence electrons. The maximum Gasteiger partial charge on any atom is 0.160 e. The van der Waals surface area contributed by atoms with Crippen molar-refractivity contribution in [3.05, 3.63) is 247 Å². The SMILES string of the molecule is c1ccc(-c2cc(-c3ccc(-c4ccc(-c5nc6ccccc6c6c7c(ccc56)C5(c6ccccc6S7)c6ccccc6-c6ccccc65)cc4)cc3)nc(-c3ccccc3)n2)cc1. The third kappa shape index (κ3) is 5.59. The Balaban J connectivity index is 0.918. The van der Waals surface area contributed by atoms with Gasteiger partial charge in [0.05, 0.1) is 28.0 Å². The van der Waals surface area contributed by atoms with E-state index in [4.69, 9.17) is 15.0 Å². The van der Waals surface area contributed by atoms with Gasteiger partial charge in [-0.05, 0) is 62.7 Å². The van der Waals surface area contributed by atoms with Gasteiger partial charge < -0.3 is 0 Å². The monoisotopic (exact) mass is 831 g/mol. The smallest absolute Gasteiger partial charge is 0.160 e. The molecule has 0 bridgehead atoms. The third-order valence-corrected chi connectivity index (χ3v) is 14.4. The Bertz CT molecular complexity index is 3520. The highest BCUT2D eigenvalue weighted by atomic mass is 32.2. The van der Waals surface area contributed by atoms with Crippen molar-refractivity contribution in [2.75, 3.05) is 0 Å². The lowest BCUT2D eigenvalue weighted by molar-refractivity contribution is 0.726. The number of hydrogen-bond acceptors (Lipinski definition) is 4. The van der Waals surface area contributed by atoms with Crippen LogP contribution in [0.2, 0.25) is 0 Å². The van der Waals surface area contributed by atoms with Crippen molar-refractivity contribution < 1.29 is 0 Å². The fraction of sp³-hybridized carbons (Fsp3) is 0.0167. The van der Waals surface area contributed by atoms with E-state index >= 15 is 0 Å². The molecule has 9 aromatic carbocycles. The van der Waals surface area contributed by atoms with Gasteiger partial charge in [-0.25, -0.2) is 15.0 Å². The molecular formula is C60H37N3S. The molecule has 3 nitrogen and oxygen atoms in total. The van der Waals surface area contributed by atoms with Gasteiger partial charge in [-0.3, -0.25) is 0 Å². The van der Waals surface area contributed by atoms with Gasteiger partial charge in [0.1, 0.15) is 0 Å². The highest BCUT2D eigenvalue weighted by molar-refractivity contribution is 7.99. The van der Waals surface area contributed by atoms with Crippen LogP contribution in [0.5, 0.6) is 0 Å². The van der Waals surface area contributed by atoms with Crippen molar-refractivity contribution in [3.63, 3.8) is 0 Å². The van der Waals surface area contributed by atoms with Gasteiger partial charge in [0, 0.05) is 48.2 Å². The van der Waals surface area contributed by atoms with Crippen molar-refractivity contribution in [3.8, 4) is 67.4 Å². The molecule has 3 heterocycles. The Morgan fingerprint density at radius 1 is 0.344 bits per heavy atom. The largest absolute Gasteiger partial charge is 0.247 e. The summed E-state index contributed by atoms with van der Waals surface area (Å²) in [5.74, 6) is 0.712. The zero-order valence-corrected chi connectivity index (χ0v) is 35.4. The molecule has 64 heavy (non-hydrogen) atoms. The van der Waals surface area contributed by atoms with Gasteiger partial charge in [0.15, 0.2) is 5.82 Å². The second-order valence-corrected chi connectivity index (χ2v) is 17.7. The Kier molecular flexibility index (Phi) is 8.37. The van der Waals surface area contributed by atoms with Crippen LogP contribution in [0.1, 0.15) is 22.3 Å². The predicted octanol–water partition coefficient (Wildman–Crippen LogP) is 15.3. The van der Waals surface area contributed by atoms with E-state index in [0.29, 0.717) is 5.82 Å². The van der Waals surface area contributed by atoms with Crippen LogP contribution in [0.15, 0.2) is 234 Å². The summed E-state index contributed by atoms with van der Waals surface area (Å²) in [5.41, 5.74) is 17.8. The van der Waals surface area contributed by atoms with E-state index in [1.165, 1.54) is 53.9 Å². The van der Waals surface area contributed by atoms with Gasteiger partial charge in [-0.1, -0.05) is 218 Å². The maximum absolute atomic E-state index is 5.41. The van der Waals surface area contributed by atoms with Crippen LogP contribution in [-0.4, -0.2) is 15.0 Å². The minimum atomic E-state index is -0.442. The molecule has 2 aliphatic rings. The molecule has 11 aromatic rings. The second-order valence-electron chi connectivity index (χ2n) is 16.6. The first-order chi connectivity index (χ1) is 31.7. The maximum atomic E-state index is 5.41. The molecule has 4 heteroatoms. The van der Waals surface area contributed by atoms with Gasteiger partial charge in [-0.15, -0.1) is 0 Å². The highest BCUT2D eigenvalue weighted by Gasteiger charge is 2.50. The molecule has 0 atom stereocenters. The van der Waals surface area contributed by atoms with E-state index in [1.807, 2.05) is 48.2 Å². The first-order valence-corrected chi connectivity index (χ1v) is 22.6. The number of aromatic nitrogens is 3. The minimum Gasteiger partial charge on any atom is -0.247 e. The average Bonchev–Trinajstić information content (AvgIpc) is 3.67. The van der Waals surface area contributed by atoms with Crippen LogP contribution < -0.4 is 0 Å². The van der Waals surface area contributed by atoms with Crippen LogP contribution in [0.25, 0.3) is 89.1 Å². The van der Waals surface area contributed by atoms with E-state index in [2.05, 4.69) is 188 Å². The van der Waals surface area contributed by atoms with Gasteiger partial charge in [0.2, 0.25) is 0 Å². The Morgan fingerprint density at radius 2 is 0.859 bits per heavy atom. The number of hydrogen-bond donors (Lipinski definition) is 0. The molecule has 0 unspecified atom stereocenters. The Hall–Kier alpha value is -7.92. The molecule has 2 aromatic heterocycles. The summed E-state index contributed by atoms with van der Waals surface area (Å²) >= 11 is 1.90. The van der Waals surface area contributed by atoms with Crippen molar-refractivity contribution in [1.29, 1.82) is 0 Å². The van der Waals surface area contributed by atoms with Crippen LogP contribution in [0, 0.1) is 0 Å². The predicted molar refractivity (Wildman–Crippen MR) is 263 cm³/mol. The minimum absolute atomic E-state index is 0.442. The Morgan fingerprint density at radius 3 is 1.53 bits per heavy atom. The van der Waals surface area contributed by atoms with Crippen molar-refractivity contribution >= 4 is 33.4 Å². The highest BCUT2D eigenvalue weighted by Crippen LogP contribution is 2.63. The summed E-state index contributed by atoms with van der Waals surface area (Å²) in [6, 6.07) is 80.7. The quantitative estimate of drug-likeness (QED) is 0.162. The van der Waals surface area contributed by atoms with E-state index in [0.717, 1.165) is 61.4 Å². The van der Waals surface area contributed by atoms with Crippen molar-refractivity contribution in [1.82, 2.24) is 15.0 Å². The van der Waals surface area contributed by atoms with Crippen molar-refractivity contribution in [2.24, 2.45) is 0 Å². The number of rotatable bonds is 5. The zero-order chi connectivity index (χ0) is 42.2. The lowest BCUT2D eigenvalue weighted by Crippen LogP contribution is -2.32. The fourth-order valence-corrected chi connectivity index (χ4v) is 11.6. The number of fused-ring (bicyclic) bond motifs is 13.